The van der Waals surface area contributed by atoms with Crippen molar-refractivity contribution in [2.24, 2.45) is 11.7 Å². The largest absolute Gasteiger partial charge is 0.465 e. The number of amides is 1. The van der Waals surface area contributed by atoms with Crippen molar-refractivity contribution in [3.8, 4) is 0 Å². The molecule has 1 aliphatic heterocycles. The Balaban J connectivity index is 1.76. The van der Waals surface area contributed by atoms with Gasteiger partial charge in [-0.25, -0.2) is 4.79 Å². The first-order chi connectivity index (χ1) is 8.20. The number of hydrogen-bond donors (Lipinski definition) is 2. The maximum atomic E-state index is 10.8. The first kappa shape index (κ1) is 12.6. The Morgan fingerprint density at radius 1 is 1.12 bits per heavy atom. The third-order valence-corrected chi connectivity index (χ3v) is 4.25. The first-order valence-corrected chi connectivity index (χ1v) is 6.62. The second kappa shape index (κ2) is 5.69. The lowest BCUT2D eigenvalue weighted by atomic mass is 9.85. The Kier molecular flexibility index (Phi) is 4.23. The molecule has 1 heterocycles. The van der Waals surface area contributed by atoms with Crippen molar-refractivity contribution in [3.63, 3.8) is 0 Å². The predicted molar refractivity (Wildman–Crippen MR) is 66.0 cm³/mol. The summed E-state index contributed by atoms with van der Waals surface area (Å²) in [5, 5.41) is 8.89. The average molecular weight is 241 g/mol. The van der Waals surface area contributed by atoms with Crippen molar-refractivity contribution < 1.29 is 9.90 Å². The maximum Gasteiger partial charge on any atom is 0.407 e. The fraction of sp³-hybridized carbons (Fsp3) is 0.917. The summed E-state index contributed by atoms with van der Waals surface area (Å²) in [5.41, 5.74) is 5.69. The van der Waals surface area contributed by atoms with Crippen molar-refractivity contribution in [1.82, 2.24) is 9.80 Å². The van der Waals surface area contributed by atoms with Gasteiger partial charge in [0.25, 0.3) is 0 Å². The molecule has 2 fully saturated rings. The third-order valence-electron chi connectivity index (χ3n) is 4.25. The zero-order chi connectivity index (χ0) is 12.3. The van der Waals surface area contributed by atoms with E-state index in [-0.39, 0.29) is 0 Å². The predicted octanol–water partition coefficient (Wildman–Crippen LogP) is 0.800. The van der Waals surface area contributed by atoms with Gasteiger partial charge in [-0.05, 0) is 38.1 Å². The van der Waals surface area contributed by atoms with E-state index in [1.807, 2.05) is 0 Å². The van der Waals surface area contributed by atoms with Gasteiger partial charge in [0.2, 0.25) is 0 Å². The monoisotopic (exact) mass is 241 g/mol. The van der Waals surface area contributed by atoms with Crippen LogP contribution in [0.25, 0.3) is 0 Å². The van der Waals surface area contributed by atoms with Crippen LogP contribution < -0.4 is 5.73 Å². The molecule has 0 bridgehead atoms. The van der Waals surface area contributed by atoms with Gasteiger partial charge in [0.15, 0.2) is 0 Å². The molecular formula is C12H23N3O2. The lowest BCUT2D eigenvalue weighted by Gasteiger charge is -2.41. The van der Waals surface area contributed by atoms with Crippen LogP contribution in [0.5, 0.6) is 0 Å². The van der Waals surface area contributed by atoms with Gasteiger partial charge < -0.3 is 15.7 Å². The van der Waals surface area contributed by atoms with E-state index in [4.69, 9.17) is 10.8 Å². The van der Waals surface area contributed by atoms with Crippen molar-refractivity contribution >= 4 is 6.09 Å². The highest BCUT2D eigenvalue weighted by atomic mass is 16.4. The molecule has 0 aromatic heterocycles. The quantitative estimate of drug-likeness (QED) is 0.750. The zero-order valence-corrected chi connectivity index (χ0v) is 10.3. The number of carbonyl (C=O) groups is 1. The molecule has 17 heavy (non-hydrogen) atoms. The molecule has 0 aromatic rings. The van der Waals surface area contributed by atoms with Crippen molar-refractivity contribution in [2.75, 3.05) is 32.7 Å². The molecular weight excluding hydrogens is 218 g/mol. The van der Waals surface area contributed by atoms with Crippen LogP contribution in [0.3, 0.4) is 0 Å². The van der Waals surface area contributed by atoms with Crippen LogP contribution in [0.1, 0.15) is 25.7 Å². The Labute approximate surface area is 103 Å². The Morgan fingerprint density at radius 3 is 2.18 bits per heavy atom. The van der Waals surface area contributed by atoms with E-state index < -0.39 is 6.09 Å². The van der Waals surface area contributed by atoms with Crippen LogP contribution in [0.2, 0.25) is 0 Å². The number of carboxylic acid groups (broad SMARTS) is 1. The molecule has 5 heteroatoms. The fourth-order valence-electron chi connectivity index (χ4n) is 3.02. The molecule has 0 atom stereocenters. The SMILES string of the molecule is NC[C@H]1CC[C@H](N2CCN(C(=O)O)CC2)CC1. The second-order valence-corrected chi connectivity index (χ2v) is 5.22. The zero-order valence-electron chi connectivity index (χ0n) is 10.3. The summed E-state index contributed by atoms with van der Waals surface area (Å²) in [7, 11) is 0. The van der Waals surface area contributed by atoms with Crippen LogP contribution in [-0.2, 0) is 0 Å². The van der Waals surface area contributed by atoms with E-state index in [2.05, 4.69) is 4.90 Å². The average Bonchev–Trinajstić information content (AvgIpc) is 2.39. The highest BCUT2D eigenvalue weighted by molar-refractivity contribution is 5.65. The maximum absolute atomic E-state index is 10.8. The lowest BCUT2D eigenvalue weighted by molar-refractivity contribution is 0.0675. The summed E-state index contributed by atoms with van der Waals surface area (Å²) in [6, 6.07) is 0.661. The highest BCUT2D eigenvalue weighted by Gasteiger charge is 2.28. The van der Waals surface area contributed by atoms with Gasteiger partial charge in [-0.1, -0.05) is 0 Å². The van der Waals surface area contributed by atoms with Crippen LogP contribution in [0.15, 0.2) is 0 Å². The van der Waals surface area contributed by atoms with Crippen molar-refractivity contribution in [1.29, 1.82) is 0 Å². The Hall–Kier alpha value is -0.810. The van der Waals surface area contributed by atoms with Gasteiger partial charge in [0.1, 0.15) is 0 Å². The minimum absolute atomic E-state index is 0.659. The van der Waals surface area contributed by atoms with Gasteiger partial charge in [-0.2, -0.15) is 0 Å². The molecule has 1 amide bonds. The Morgan fingerprint density at radius 2 is 1.71 bits per heavy atom. The van der Waals surface area contributed by atoms with E-state index >= 15 is 0 Å². The van der Waals surface area contributed by atoms with E-state index in [0.29, 0.717) is 25.0 Å². The van der Waals surface area contributed by atoms with E-state index in [1.54, 1.807) is 0 Å². The van der Waals surface area contributed by atoms with Crippen LogP contribution >= 0.6 is 0 Å². The van der Waals surface area contributed by atoms with Crippen molar-refractivity contribution in [3.05, 3.63) is 0 Å². The lowest BCUT2D eigenvalue weighted by Crippen LogP contribution is -2.52. The standard InChI is InChI=1S/C12H23N3O2/c13-9-10-1-3-11(4-2-10)14-5-7-15(8-6-14)12(16)17/h10-11H,1-9,13H2,(H,16,17)/t10-,11-. The highest BCUT2D eigenvalue weighted by Crippen LogP contribution is 2.27. The molecule has 2 rings (SSSR count). The summed E-state index contributed by atoms with van der Waals surface area (Å²) in [6.45, 7) is 3.92. The van der Waals surface area contributed by atoms with Gasteiger partial charge in [-0.3, -0.25) is 4.90 Å². The summed E-state index contributed by atoms with van der Waals surface area (Å²) >= 11 is 0. The second-order valence-electron chi connectivity index (χ2n) is 5.22. The summed E-state index contributed by atoms with van der Waals surface area (Å²) in [4.78, 5) is 14.8. The van der Waals surface area contributed by atoms with Gasteiger partial charge in [-0.15, -0.1) is 0 Å². The molecule has 1 aliphatic carbocycles. The molecule has 0 spiro atoms. The smallest absolute Gasteiger partial charge is 0.407 e. The summed E-state index contributed by atoms with van der Waals surface area (Å²) in [6.07, 6.45) is 4.15. The van der Waals surface area contributed by atoms with E-state index in [0.717, 1.165) is 19.6 Å². The molecule has 0 unspecified atom stereocenters. The molecule has 2 aliphatic rings. The van der Waals surface area contributed by atoms with Gasteiger partial charge in [0.05, 0.1) is 0 Å². The fourth-order valence-corrected chi connectivity index (χ4v) is 3.02. The molecule has 5 nitrogen and oxygen atoms in total. The van der Waals surface area contributed by atoms with Crippen LogP contribution in [0, 0.1) is 5.92 Å². The topological polar surface area (TPSA) is 69.8 Å². The van der Waals surface area contributed by atoms with Crippen LogP contribution in [0.4, 0.5) is 4.79 Å². The first-order valence-electron chi connectivity index (χ1n) is 6.62. The number of piperazine rings is 1. The van der Waals surface area contributed by atoms with E-state index in [1.165, 1.54) is 30.6 Å². The Bertz CT molecular complexity index is 256. The molecule has 3 N–H and O–H groups in total. The number of rotatable bonds is 2. The van der Waals surface area contributed by atoms with Gasteiger partial charge in [0, 0.05) is 32.2 Å². The molecule has 1 saturated carbocycles. The number of nitrogens with zero attached hydrogens (tertiary/aromatic N) is 2. The van der Waals surface area contributed by atoms with Crippen LogP contribution in [-0.4, -0.2) is 59.8 Å². The summed E-state index contributed by atoms with van der Waals surface area (Å²) < 4.78 is 0. The summed E-state index contributed by atoms with van der Waals surface area (Å²) in [5.74, 6) is 0.714. The molecule has 98 valence electrons. The molecule has 1 saturated heterocycles. The van der Waals surface area contributed by atoms with E-state index in [9.17, 15) is 4.79 Å². The third kappa shape index (κ3) is 3.10. The number of nitrogens with two attached hydrogens (primary N) is 1. The minimum Gasteiger partial charge on any atom is -0.465 e. The number of hydrogen-bond acceptors (Lipinski definition) is 3. The van der Waals surface area contributed by atoms with Gasteiger partial charge >= 0.3 is 6.09 Å². The molecule has 0 radical (unpaired) electrons. The minimum atomic E-state index is -0.781. The van der Waals surface area contributed by atoms with Crippen molar-refractivity contribution in [2.45, 2.75) is 31.7 Å². The molecule has 0 aromatic carbocycles. The normalized spacial score (nSPS) is 31.5.